The Morgan fingerprint density at radius 2 is 1.48 bits per heavy atom. The van der Waals surface area contributed by atoms with Crippen molar-refractivity contribution in [2.24, 2.45) is 0 Å². The summed E-state index contributed by atoms with van der Waals surface area (Å²) in [6.45, 7) is 0. The molecule has 0 atom stereocenters. The van der Waals surface area contributed by atoms with E-state index in [2.05, 4.69) is 46.7 Å². The molecule has 0 bridgehead atoms. The maximum Gasteiger partial charge on any atom is 0.161 e. The van der Waals surface area contributed by atoms with E-state index in [4.69, 9.17) is 9.47 Å². The van der Waals surface area contributed by atoms with Crippen LogP contribution in [0.2, 0.25) is 0 Å². The Labute approximate surface area is 158 Å². The summed E-state index contributed by atoms with van der Waals surface area (Å²) in [6, 6.07) is 22.6. The van der Waals surface area contributed by atoms with Gasteiger partial charge >= 0.3 is 0 Å². The lowest BCUT2D eigenvalue weighted by Gasteiger charge is -2.11. The Balaban J connectivity index is 1.64. The smallest absolute Gasteiger partial charge is 0.161 e. The van der Waals surface area contributed by atoms with Crippen molar-refractivity contribution in [1.82, 2.24) is 4.98 Å². The Kier molecular flexibility index (Phi) is 4.62. The number of pyridine rings is 1. The first-order chi connectivity index (χ1) is 13.3. The van der Waals surface area contributed by atoms with E-state index in [1.165, 1.54) is 10.8 Å². The van der Waals surface area contributed by atoms with Crippen LogP contribution in [0, 0.1) is 0 Å². The third kappa shape index (κ3) is 3.55. The summed E-state index contributed by atoms with van der Waals surface area (Å²) in [5.41, 5.74) is 3.97. The molecule has 0 aliphatic carbocycles. The molecule has 0 amide bonds. The number of hydrogen-bond donors (Lipinski definition) is 1. The number of rotatable bonds is 5. The van der Waals surface area contributed by atoms with Crippen molar-refractivity contribution < 1.29 is 9.47 Å². The highest BCUT2D eigenvalue weighted by molar-refractivity contribution is 5.86. The molecule has 27 heavy (non-hydrogen) atoms. The fourth-order valence-corrected chi connectivity index (χ4v) is 3.12. The molecule has 0 aliphatic heterocycles. The third-order valence-electron chi connectivity index (χ3n) is 4.49. The second-order valence-corrected chi connectivity index (χ2v) is 6.22. The summed E-state index contributed by atoms with van der Waals surface area (Å²) >= 11 is 0. The van der Waals surface area contributed by atoms with Gasteiger partial charge in [0, 0.05) is 17.4 Å². The lowest BCUT2D eigenvalue weighted by Crippen LogP contribution is -1.93. The van der Waals surface area contributed by atoms with Crippen molar-refractivity contribution in [3.63, 3.8) is 0 Å². The Morgan fingerprint density at radius 1 is 0.667 bits per heavy atom. The molecular formula is C23H20N2O2. The molecule has 0 saturated heterocycles. The first-order valence-corrected chi connectivity index (χ1v) is 8.70. The SMILES string of the molecule is COc1ccc(-c2cncc(Nc3ccc4ccccc4c3)c2)cc1OC. The molecule has 4 rings (SSSR count). The van der Waals surface area contributed by atoms with Gasteiger partial charge in [-0.2, -0.15) is 0 Å². The molecule has 3 aromatic carbocycles. The molecule has 4 heteroatoms. The zero-order valence-corrected chi connectivity index (χ0v) is 15.3. The minimum absolute atomic E-state index is 0.697. The van der Waals surface area contributed by atoms with Crippen LogP contribution in [-0.2, 0) is 0 Å². The number of nitrogens with zero attached hydrogens (tertiary/aromatic N) is 1. The van der Waals surface area contributed by atoms with Crippen molar-refractivity contribution in [3.8, 4) is 22.6 Å². The number of ether oxygens (including phenoxy) is 2. The minimum atomic E-state index is 0.697. The van der Waals surface area contributed by atoms with E-state index in [1.807, 2.05) is 42.7 Å². The lowest BCUT2D eigenvalue weighted by molar-refractivity contribution is 0.355. The van der Waals surface area contributed by atoms with Gasteiger partial charge in [0.1, 0.15) is 0 Å². The van der Waals surface area contributed by atoms with Crippen LogP contribution in [0.3, 0.4) is 0 Å². The van der Waals surface area contributed by atoms with E-state index in [0.717, 1.165) is 22.5 Å². The van der Waals surface area contributed by atoms with Crippen molar-refractivity contribution in [1.29, 1.82) is 0 Å². The first kappa shape index (κ1) is 16.9. The topological polar surface area (TPSA) is 43.4 Å². The van der Waals surface area contributed by atoms with Gasteiger partial charge in [-0.1, -0.05) is 36.4 Å². The highest BCUT2D eigenvalue weighted by atomic mass is 16.5. The summed E-state index contributed by atoms with van der Waals surface area (Å²) in [5.74, 6) is 1.41. The second-order valence-electron chi connectivity index (χ2n) is 6.22. The third-order valence-corrected chi connectivity index (χ3v) is 4.49. The number of fused-ring (bicyclic) bond motifs is 1. The minimum Gasteiger partial charge on any atom is -0.493 e. The van der Waals surface area contributed by atoms with E-state index in [9.17, 15) is 0 Å². The highest BCUT2D eigenvalue weighted by Gasteiger charge is 2.07. The van der Waals surface area contributed by atoms with Crippen LogP contribution < -0.4 is 14.8 Å². The molecule has 0 saturated carbocycles. The van der Waals surface area contributed by atoms with Crippen molar-refractivity contribution in [3.05, 3.63) is 79.1 Å². The van der Waals surface area contributed by atoms with Gasteiger partial charge in [0.25, 0.3) is 0 Å². The lowest BCUT2D eigenvalue weighted by atomic mass is 10.1. The number of methoxy groups -OCH3 is 2. The molecule has 0 fully saturated rings. The van der Waals surface area contributed by atoms with E-state index < -0.39 is 0 Å². The number of anilines is 2. The van der Waals surface area contributed by atoms with Gasteiger partial charge in [0.15, 0.2) is 11.5 Å². The quantitative estimate of drug-likeness (QED) is 0.501. The molecule has 1 aromatic heterocycles. The van der Waals surface area contributed by atoms with Gasteiger partial charge in [0.2, 0.25) is 0 Å². The summed E-state index contributed by atoms with van der Waals surface area (Å²) < 4.78 is 10.7. The second kappa shape index (κ2) is 7.38. The van der Waals surface area contributed by atoms with Crippen LogP contribution in [-0.4, -0.2) is 19.2 Å². The van der Waals surface area contributed by atoms with Crippen molar-refractivity contribution in [2.45, 2.75) is 0 Å². The summed E-state index contributed by atoms with van der Waals surface area (Å²) in [6.07, 6.45) is 3.66. The number of hydrogen-bond acceptors (Lipinski definition) is 4. The largest absolute Gasteiger partial charge is 0.493 e. The molecule has 0 spiro atoms. The van der Waals surface area contributed by atoms with Gasteiger partial charge in [0.05, 0.1) is 26.1 Å². The van der Waals surface area contributed by atoms with Gasteiger partial charge in [-0.3, -0.25) is 4.98 Å². The molecule has 134 valence electrons. The average molecular weight is 356 g/mol. The molecule has 1 N–H and O–H groups in total. The molecule has 4 aromatic rings. The summed E-state index contributed by atoms with van der Waals surface area (Å²) in [7, 11) is 3.27. The highest BCUT2D eigenvalue weighted by Crippen LogP contribution is 2.33. The predicted octanol–water partition coefficient (Wildman–Crippen LogP) is 5.66. The molecule has 0 unspecified atom stereocenters. The monoisotopic (exact) mass is 356 g/mol. The van der Waals surface area contributed by atoms with Gasteiger partial charge < -0.3 is 14.8 Å². The van der Waals surface area contributed by atoms with Gasteiger partial charge in [-0.25, -0.2) is 0 Å². The average Bonchev–Trinajstić information content (AvgIpc) is 2.73. The number of benzene rings is 3. The Morgan fingerprint density at radius 3 is 2.30 bits per heavy atom. The van der Waals surface area contributed by atoms with Crippen molar-refractivity contribution in [2.75, 3.05) is 19.5 Å². The first-order valence-electron chi connectivity index (χ1n) is 8.70. The van der Waals surface area contributed by atoms with Crippen LogP contribution >= 0.6 is 0 Å². The van der Waals surface area contributed by atoms with Crippen LogP contribution in [0.4, 0.5) is 11.4 Å². The van der Waals surface area contributed by atoms with Crippen LogP contribution in [0.5, 0.6) is 11.5 Å². The standard InChI is InChI=1S/C23H20N2O2/c1-26-22-10-8-18(13-23(22)27-2)19-12-21(15-24-14-19)25-20-9-7-16-5-3-4-6-17(16)11-20/h3-15,25H,1-2H3. The normalized spacial score (nSPS) is 10.6. The van der Waals surface area contributed by atoms with Crippen LogP contribution in [0.1, 0.15) is 0 Å². The van der Waals surface area contributed by atoms with E-state index in [1.54, 1.807) is 14.2 Å². The predicted molar refractivity (Wildman–Crippen MR) is 110 cm³/mol. The van der Waals surface area contributed by atoms with Gasteiger partial charge in [-0.15, -0.1) is 0 Å². The summed E-state index contributed by atoms with van der Waals surface area (Å²) in [5, 5.41) is 5.86. The van der Waals surface area contributed by atoms with E-state index in [-0.39, 0.29) is 0 Å². The zero-order chi connectivity index (χ0) is 18.6. The molecular weight excluding hydrogens is 336 g/mol. The Bertz CT molecular complexity index is 1090. The molecule has 0 radical (unpaired) electrons. The number of aromatic nitrogens is 1. The Hall–Kier alpha value is -3.53. The van der Waals surface area contributed by atoms with E-state index in [0.29, 0.717) is 11.5 Å². The maximum atomic E-state index is 5.40. The summed E-state index contributed by atoms with van der Waals surface area (Å²) in [4.78, 5) is 4.38. The van der Waals surface area contributed by atoms with Crippen LogP contribution in [0.15, 0.2) is 79.1 Å². The zero-order valence-electron chi connectivity index (χ0n) is 15.3. The van der Waals surface area contributed by atoms with Crippen molar-refractivity contribution >= 4 is 22.1 Å². The number of nitrogens with one attached hydrogen (secondary N) is 1. The molecule has 1 heterocycles. The van der Waals surface area contributed by atoms with Crippen LogP contribution in [0.25, 0.3) is 21.9 Å². The maximum absolute atomic E-state index is 5.40. The van der Waals surface area contributed by atoms with Gasteiger partial charge in [-0.05, 0) is 46.7 Å². The fraction of sp³-hybridized carbons (Fsp3) is 0.0870. The molecule has 0 aliphatic rings. The van der Waals surface area contributed by atoms with E-state index >= 15 is 0 Å². The molecule has 4 nitrogen and oxygen atoms in total. The fourth-order valence-electron chi connectivity index (χ4n) is 3.12.